The van der Waals surface area contributed by atoms with Crippen LogP contribution in [0.2, 0.25) is 0 Å². The maximum atomic E-state index is 13.7. The maximum absolute atomic E-state index is 13.7. The van der Waals surface area contributed by atoms with Gasteiger partial charge in [-0.2, -0.15) is 0 Å². The molecule has 1 nitrogen and oxygen atoms in total. The molecular weight excluding hydrogens is 208 g/mol. The van der Waals surface area contributed by atoms with Crippen LogP contribution in [-0.2, 0) is 12.2 Å². The van der Waals surface area contributed by atoms with Crippen LogP contribution in [0.1, 0.15) is 36.5 Å². The van der Waals surface area contributed by atoms with Crippen LogP contribution in [0, 0.1) is 12.7 Å². The Morgan fingerprint density at radius 1 is 1.44 bits per heavy atom. The standard InChI is InChI=1S/C13H17F2N/c1-9-6-10(7-12(15)11(9)8-14)13(2)4-3-5-16-13/h6-7,16H,3-5,8H2,1-2H3. The average molecular weight is 225 g/mol. The number of hydrogen-bond donors (Lipinski definition) is 1. The summed E-state index contributed by atoms with van der Waals surface area (Å²) in [6, 6.07) is 3.37. The first-order chi connectivity index (χ1) is 7.57. The predicted octanol–water partition coefficient (Wildman–Crippen LogP) is 3.20. The second-order valence-corrected chi connectivity index (χ2v) is 4.75. The van der Waals surface area contributed by atoms with Crippen LogP contribution in [0.3, 0.4) is 0 Å². The molecule has 1 aromatic carbocycles. The van der Waals surface area contributed by atoms with Gasteiger partial charge in [0.2, 0.25) is 0 Å². The fourth-order valence-corrected chi connectivity index (χ4v) is 2.40. The Labute approximate surface area is 94.9 Å². The number of nitrogens with one attached hydrogen (secondary N) is 1. The van der Waals surface area contributed by atoms with E-state index in [9.17, 15) is 8.78 Å². The van der Waals surface area contributed by atoms with Crippen LogP contribution in [0.25, 0.3) is 0 Å². The molecule has 88 valence electrons. The number of alkyl halides is 1. The van der Waals surface area contributed by atoms with E-state index < -0.39 is 12.5 Å². The zero-order valence-corrected chi connectivity index (χ0v) is 9.74. The van der Waals surface area contributed by atoms with Crippen molar-refractivity contribution in [3.05, 3.63) is 34.6 Å². The summed E-state index contributed by atoms with van der Waals surface area (Å²) >= 11 is 0. The van der Waals surface area contributed by atoms with Gasteiger partial charge in [-0.15, -0.1) is 0 Å². The van der Waals surface area contributed by atoms with E-state index in [0.717, 1.165) is 24.9 Å². The minimum absolute atomic E-state index is 0.152. The van der Waals surface area contributed by atoms with Gasteiger partial charge in [0.15, 0.2) is 0 Å². The molecule has 1 aromatic rings. The summed E-state index contributed by atoms with van der Waals surface area (Å²) in [7, 11) is 0. The fourth-order valence-electron chi connectivity index (χ4n) is 2.40. The molecule has 1 N–H and O–H groups in total. The first kappa shape index (κ1) is 11.5. The van der Waals surface area contributed by atoms with Gasteiger partial charge < -0.3 is 5.32 Å². The summed E-state index contributed by atoms with van der Waals surface area (Å²) in [6.45, 7) is 4.06. The number of rotatable bonds is 2. The fraction of sp³-hybridized carbons (Fsp3) is 0.538. The third-order valence-corrected chi connectivity index (χ3v) is 3.56. The van der Waals surface area contributed by atoms with Crippen LogP contribution in [-0.4, -0.2) is 6.54 Å². The van der Waals surface area contributed by atoms with Gasteiger partial charge in [-0.1, -0.05) is 6.07 Å². The topological polar surface area (TPSA) is 12.0 Å². The van der Waals surface area contributed by atoms with Crippen LogP contribution in [0.4, 0.5) is 8.78 Å². The third-order valence-electron chi connectivity index (χ3n) is 3.56. The SMILES string of the molecule is Cc1cc(C2(C)CCCN2)cc(F)c1CF. The molecule has 1 fully saturated rings. The summed E-state index contributed by atoms with van der Waals surface area (Å²) in [4.78, 5) is 0. The van der Waals surface area contributed by atoms with Gasteiger partial charge in [0.25, 0.3) is 0 Å². The van der Waals surface area contributed by atoms with Gasteiger partial charge in [-0.05, 0) is 50.4 Å². The molecule has 0 spiro atoms. The smallest absolute Gasteiger partial charge is 0.129 e. The minimum atomic E-state index is -0.734. The number of hydrogen-bond acceptors (Lipinski definition) is 1. The Morgan fingerprint density at radius 2 is 2.19 bits per heavy atom. The van der Waals surface area contributed by atoms with Gasteiger partial charge >= 0.3 is 0 Å². The van der Waals surface area contributed by atoms with E-state index in [1.165, 1.54) is 6.07 Å². The molecule has 0 saturated carbocycles. The lowest BCUT2D eigenvalue weighted by Gasteiger charge is -2.26. The summed E-state index contributed by atoms with van der Waals surface area (Å²) in [5.74, 6) is -0.424. The van der Waals surface area contributed by atoms with Crippen molar-refractivity contribution >= 4 is 0 Å². The van der Waals surface area contributed by atoms with Gasteiger partial charge in [-0.25, -0.2) is 8.78 Å². The maximum Gasteiger partial charge on any atom is 0.129 e. The van der Waals surface area contributed by atoms with Gasteiger partial charge in [0.1, 0.15) is 12.5 Å². The van der Waals surface area contributed by atoms with Gasteiger partial charge in [0, 0.05) is 11.1 Å². The lowest BCUT2D eigenvalue weighted by atomic mass is 9.88. The van der Waals surface area contributed by atoms with Crippen molar-refractivity contribution < 1.29 is 8.78 Å². The Bertz CT molecular complexity index is 372. The molecule has 1 atom stereocenters. The molecule has 0 bridgehead atoms. The Hall–Kier alpha value is -0.960. The molecular formula is C13H17F2N. The lowest BCUT2D eigenvalue weighted by Crippen LogP contribution is -2.33. The molecule has 0 amide bonds. The van der Waals surface area contributed by atoms with Gasteiger partial charge in [-0.3, -0.25) is 0 Å². The minimum Gasteiger partial charge on any atom is -0.308 e. The zero-order valence-electron chi connectivity index (χ0n) is 9.74. The van der Waals surface area contributed by atoms with Crippen molar-refractivity contribution in [2.24, 2.45) is 0 Å². The average Bonchev–Trinajstić information content (AvgIpc) is 2.66. The summed E-state index contributed by atoms with van der Waals surface area (Å²) in [5, 5.41) is 3.38. The highest BCUT2D eigenvalue weighted by molar-refractivity contribution is 5.36. The van der Waals surface area contributed by atoms with E-state index in [0.29, 0.717) is 5.56 Å². The van der Waals surface area contributed by atoms with Crippen LogP contribution < -0.4 is 5.32 Å². The molecule has 3 heteroatoms. The van der Waals surface area contributed by atoms with Crippen LogP contribution in [0.15, 0.2) is 12.1 Å². The molecule has 1 heterocycles. The third kappa shape index (κ3) is 1.84. The first-order valence-corrected chi connectivity index (χ1v) is 5.67. The van der Waals surface area contributed by atoms with E-state index in [4.69, 9.17) is 0 Å². The quantitative estimate of drug-likeness (QED) is 0.815. The summed E-state index contributed by atoms with van der Waals surface area (Å²) in [6.07, 6.45) is 2.10. The first-order valence-electron chi connectivity index (χ1n) is 5.67. The second-order valence-electron chi connectivity index (χ2n) is 4.75. The Morgan fingerprint density at radius 3 is 2.69 bits per heavy atom. The normalized spacial score (nSPS) is 25.0. The Balaban J connectivity index is 2.43. The van der Waals surface area contributed by atoms with E-state index in [1.54, 1.807) is 6.92 Å². The molecule has 1 aliphatic heterocycles. The Kier molecular flexibility index (Phi) is 2.98. The monoisotopic (exact) mass is 225 g/mol. The number of benzene rings is 1. The summed E-state index contributed by atoms with van der Waals surface area (Å²) < 4.78 is 26.3. The molecule has 1 unspecified atom stereocenters. The van der Waals surface area contributed by atoms with Crippen LogP contribution >= 0.6 is 0 Å². The number of halogens is 2. The molecule has 0 radical (unpaired) electrons. The largest absolute Gasteiger partial charge is 0.308 e. The highest BCUT2D eigenvalue weighted by atomic mass is 19.1. The van der Waals surface area contributed by atoms with Crippen LogP contribution in [0.5, 0.6) is 0 Å². The highest BCUT2D eigenvalue weighted by Crippen LogP contribution is 2.32. The zero-order chi connectivity index (χ0) is 11.8. The number of aryl methyl sites for hydroxylation is 1. The van der Waals surface area contributed by atoms with Crippen molar-refractivity contribution in [3.63, 3.8) is 0 Å². The van der Waals surface area contributed by atoms with E-state index in [2.05, 4.69) is 12.2 Å². The molecule has 2 rings (SSSR count). The van der Waals surface area contributed by atoms with Crippen molar-refractivity contribution in [2.75, 3.05) is 6.54 Å². The molecule has 1 aliphatic rings. The summed E-state index contributed by atoms with van der Waals surface area (Å²) in [5.41, 5.74) is 1.66. The second kappa shape index (κ2) is 4.13. The highest BCUT2D eigenvalue weighted by Gasteiger charge is 2.30. The van der Waals surface area contributed by atoms with Gasteiger partial charge in [0.05, 0.1) is 0 Å². The van der Waals surface area contributed by atoms with Crippen molar-refractivity contribution in [1.82, 2.24) is 5.32 Å². The van der Waals surface area contributed by atoms with E-state index in [1.807, 2.05) is 6.07 Å². The van der Waals surface area contributed by atoms with E-state index >= 15 is 0 Å². The molecule has 0 aromatic heterocycles. The van der Waals surface area contributed by atoms with E-state index in [-0.39, 0.29) is 11.1 Å². The van der Waals surface area contributed by atoms with Crippen molar-refractivity contribution in [1.29, 1.82) is 0 Å². The molecule has 16 heavy (non-hydrogen) atoms. The van der Waals surface area contributed by atoms with Crippen molar-refractivity contribution in [3.8, 4) is 0 Å². The molecule has 1 saturated heterocycles. The molecule has 0 aliphatic carbocycles. The lowest BCUT2D eigenvalue weighted by molar-refractivity contribution is 0.426. The van der Waals surface area contributed by atoms with Crippen molar-refractivity contribution in [2.45, 2.75) is 38.9 Å². The predicted molar refractivity (Wildman–Crippen MR) is 60.5 cm³/mol.